The second-order valence-corrected chi connectivity index (χ2v) is 6.72. The van der Waals surface area contributed by atoms with E-state index in [0.717, 1.165) is 34.4 Å². The normalized spacial score (nSPS) is 15.8. The van der Waals surface area contributed by atoms with E-state index in [1.165, 1.54) is 11.1 Å². The molecule has 0 spiro atoms. The smallest absolute Gasteiger partial charge is 0.335 e. The average Bonchev–Trinajstić information content (AvgIpc) is 3.10. The minimum Gasteiger partial charge on any atom is -0.478 e. The zero-order chi connectivity index (χ0) is 16.0. The van der Waals surface area contributed by atoms with Crippen LogP contribution in [0.4, 0.5) is 5.82 Å². The van der Waals surface area contributed by atoms with Gasteiger partial charge in [0.2, 0.25) is 0 Å². The summed E-state index contributed by atoms with van der Waals surface area (Å²) in [7, 11) is 0. The van der Waals surface area contributed by atoms with Crippen LogP contribution < -0.4 is 5.32 Å². The van der Waals surface area contributed by atoms with Crippen molar-refractivity contribution in [1.29, 1.82) is 0 Å². The van der Waals surface area contributed by atoms with Gasteiger partial charge in [-0.25, -0.2) is 14.8 Å². The molecule has 2 N–H and O–H groups in total. The van der Waals surface area contributed by atoms with Crippen molar-refractivity contribution in [3.63, 3.8) is 0 Å². The molecule has 0 saturated heterocycles. The maximum absolute atomic E-state index is 11.1. The summed E-state index contributed by atoms with van der Waals surface area (Å²) in [6.45, 7) is 2.07. The molecule has 0 amide bonds. The van der Waals surface area contributed by atoms with E-state index in [1.807, 2.05) is 6.07 Å². The maximum Gasteiger partial charge on any atom is 0.335 e. The molecule has 1 atom stereocenters. The van der Waals surface area contributed by atoms with Crippen LogP contribution in [0.2, 0.25) is 0 Å². The van der Waals surface area contributed by atoms with Crippen molar-refractivity contribution in [2.45, 2.75) is 25.8 Å². The minimum absolute atomic E-state index is 0. The molecule has 1 unspecified atom stereocenters. The monoisotopic (exact) mass is 348 g/mol. The molecule has 7 heteroatoms. The van der Waals surface area contributed by atoms with Gasteiger partial charge in [0.15, 0.2) is 0 Å². The van der Waals surface area contributed by atoms with Crippen molar-refractivity contribution in [2.24, 2.45) is 0 Å². The third kappa shape index (κ3) is 3.07. The van der Waals surface area contributed by atoms with Gasteiger partial charge in [-0.05, 0) is 54.0 Å². The van der Waals surface area contributed by atoms with Crippen molar-refractivity contribution in [3.8, 4) is 0 Å². The number of hydrogen-bond donors (Lipinski definition) is 2. The second-order valence-electron chi connectivity index (χ2n) is 5.86. The van der Waals surface area contributed by atoms with Crippen LogP contribution in [0.1, 0.15) is 27.0 Å². The number of anilines is 1. The first-order valence-corrected chi connectivity index (χ1v) is 8.30. The minimum atomic E-state index is -0.879. The van der Waals surface area contributed by atoms with Gasteiger partial charge in [-0.3, -0.25) is 0 Å². The Balaban J connectivity index is 0.00000169. The molecule has 5 nitrogen and oxygen atoms in total. The summed E-state index contributed by atoms with van der Waals surface area (Å²) in [5, 5.41) is 15.8. The first-order chi connectivity index (χ1) is 11.1. The molecule has 1 radical (unpaired) electrons. The van der Waals surface area contributed by atoms with Gasteiger partial charge in [0, 0.05) is 35.6 Å². The second kappa shape index (κ2) is 6.80. The molecule has 24 heavy (non-hydrogen) atoms. The fraction of sp³-hybridized carbons (Fsp3) is 0.235. The van der Waals surface area contributed by atoms with Gasteiger partial charge in [0.25, 0.3) is 0 Å². The molecule has 2 heterocycles. The number of nitrogens with zero attached hydrogens (tertiary/aromatic N) is 2. The van der Waals surface area contributed by atoms with Crippen molar-refractivity contribution in [2.75, 3.05) is 5.32 Å². The zero-order valence-electron chi connectivity index (χ0n) is 13.5. The SMILES string of the molecule is Cc1csc2ncnc(NC3Cc4ccc(C(=O)O)cc4C3)c12.[Na]. The molecule has 0 fully saturated rings. The number of carboxylic acid groups (broad SMARTS) is 1. The summed E-state index contributed by atoms with van der Waals surface area (Å²) in [5.41, 5.74) is 3.84. The summed E-state index contributed by atoms with van der Waals surface area (Å²) in [6, 6.07) is 5.61. The van der Waals surface area contributed by atoms with Crippen LogP contribution >= 0.6 is 11.3 Å². The zero-order valence-corrected chi connectivity index (χ0v) is 16.4. The van der Waals surface area contributed by atoms with Crippen LogP contribution in [-0.4, -0.2) is 56.6 Å². The van der Waals surface area contributed by atoms with Crippen LogP contribution in [0.5, 0.6) is 0 Å². The van der Waals surface area contributed by atoms with Gasteiger partial charge in [-0.1, -0.05) is 6.07 Å². The van der Waals surface area contributed by atoms with E-state index in [-0.39, 0.29) is 35.6 Å². The molecule has 0 aliphatic heterocycles. The van der Waals surface area contributed by atoms with Crippen molar-refractivity contribution >= 4 is 62.9 Å². The summed E-state index contributed by atoms with van der Waals surface area (Å²) in [5.74, 6) is -0.0133. The number of aromatic carboxylic acids is 1. The standard InChI is InChI=1S/C17H15N3O2S.Na/c1-9-7-23-16-14(9)15(18-8-19-16)20-13-5-10-2-3-11(17(21)22)4-12(10)6-13;/h2-4,7-8,13H,5-6H2,1H3,(H,21,22)(H,18,19,20);. The average molecular weight is 348 g/mol. The first-order valence-electron chi connectivity index (χ1n) is 7.42. The number of thiophene rings is 1. The van der Waals surface area contributed by atoms with Gasteiger partial charge in [0.1, 0.15) is 17.0 Å². The number of benzene rings is 1. The fourth-order valence-corrected chi connectivity index (χ4v) is 4.06. The molecule has 4 rings (SSSR count). The molecule has 2 aromatic heterocycles. The third-order valence-electron chi connectivity index (χ3n) is 4.28. The van der Waals surface area contributed by atoms with E-state index < -0.39 is 5.97 Å². The van der Waals surface area contributed by atoms with Gasteiger partial charge >= 0.3 is 5.97 Å². The largest absolute Gasteiger partial charge is 0.478 e. The summed E-state index contributed by atoms with van der Waals surface area (Å²) < 4.78 is 0. The molecule has 117 valence electrons. The molecule has 1 aliphatic carbocycles. The van der Waals surface area contributed by atoms with E-state index in [2.05, 4.69) is 27.6 Å². The van der Waals surface area contributed by atoms with Crippen LogP contribution in [0, 0.1) is 6.92 Å². The number of aromatic nitrogens is 2. The summed E-state index contributed by atoms with van der Waals surface area (Å²) in [4.78, 5) is 20.8. The van der Waals surface area contributed by atoms with Gasteiger partial charge in [0.05, 0.1) is 10.9 Å². The molecule has 3 aromatic rings. The van der Waals surface area contributed by atoms with Crippen LogP contribution in [-0.2, 0) is 12.8 Å². The Morgan fingerprint density at radius 1 is 1.29 bits per heavy atom. The van der Waals surface area contributed by atoms with E-state index in [1.54, 1.807) is 29.8 Å². The first kappa shape index (κ1) is 17.4. The van der Waals surface area contributed by atoms with Crippen LogP contribution in [0.25, 0.3) is 10.2 Å². The Hall–Kier alpha value is -1.47. The van der Waals surface area contributed by atoms with E-state index in [0.29, 0.717) is 5.56 Å². The predicted molar refractivity (Wildman–Crippen MR) is 96.1 cm³/mol. The molecule has 1 aromatic carbocycles. The summed E-state index contributed by atoms with van der Waals surface area (Å²) in [6.07, 6.45) is 3.28. The molecule has 0 bridgehead atoms. The third-order valence-corrected chi connectivity index (χ3v) is 5.29. The van der Waals surface area contributed by atoms with Gasteiger partial charge in [-0.2, -0.15) is 0 Å². The van der Waals surface area contributed by atoms with E-state index in [9.17, 15) is 4.79 Å². The molecule has 1 aliphatic rings. The van der Waals surface area contributed by atoms with Crippen LogP contribution in [0.15, 0.2) is 29.9 Å². The Labute approximate surface area is 165 Å². The number of aryl methyl sites for hydroxylation is 1. The molecular formula is C17H15N3NaO2S. The van der Waals surface area contributed by atoms with Gasteiger partial charge in [-0.15, -0.1) is 11.3 Å². The van der Waals surface area contributed by atoms with Crippen LogP contribution in [0.3, 0.4) is 0 Å². The fourth-order valence-electron chi connectivity index (χ4n) is 3.17. The number of carboxylic acids is 1. The number of fused-ring (bicyclic) bond motifs is 2. The number of carbonyl (C=O) groups is 1. The quantitative estimate of drug-likeness (QED) is 0.712. The maximum atomic E-state index is 11.1. The van der Waals surface area contributed by atoms with Crippen molar-refractivity contribution < 1.29 is 9.90 Å². The molecular weight excluding hydrogens is 333 g/mol. The van der Waals surface area contributed by atoms with Gasteiger partial charge < -0.3 is 10.4 Å². The summed E-state index contributed by atoms with van der Waals surface area (Å²) >= 11 is 1.62. The Morgan fingerprint density at radius 2 is 2.08 bits per heavy atom. The predicted octanol–water partition coefficient (Wildman–Crippen LogP) is 2.90. The Morgan fingerprint density at radius 3 is 2.88 bits per heavy atom. The number of rotatable bonds is 3. The van der Waals surface area contributed by atoms with E-state index in [4.69, 9.17) is 5.11 Å². The van der Waals surface area contributed by atoms with Crippen molar-refractivity contribution in [3.05, 3.63) is 52.2 Å². The Kier molecular flexibility index (Phi) is 4.92. The topological polar surface area (TPSA) is 75.1 Å². The molecule has 0 saturated carbocycles. The number of hydrogen-bond acceptors (Lipinski definition) is 5. The number of nitrogens with one attached hydrogen (secondary N) is 1. The van der Waals surface area contributed by atoms with Crippen molar-refractivity contribution in [1.82, 2.24) is 9.97 Å². The Bertz CT molecular complexity index is 925. The van der Waals surface area contributed by atoms with E-state index >= 15 is 0 Å².